The van der Waals surface area contributed by atoms with Crippen LogP contribution in [0.15, 0.2) is 62.6 Å². The van der Waals surface area contributed by atoms with Crippen LogP contribution in [0.4, 0.5) is 5.69 Å². The van der Waals surface area contributed by atoms with Gasteiger partial charge in [0, 0.05) is 32.3 Å². The lowest BCUT2D eigenvalue weighted by Crippen LogP contribution is -1.83. The largest absolute Gasteiger partial charge is 0.361 e. The van der Waals surface area contributed by atoms with Crippen molar-refractivity contribution in [3.63, 3.8) is 0 Å². The summed E-state index contributed by atoms with van der Waals surface area (Å²) in [5.74, 6) is 0. The highest BCUT2D eigenvalue weighted by molar-refractivity contribution is 9.11. The molecule has 2 aromatic carbocycles. The maximum atomic E-state index is 4.52. The zero-order valence-corrected chi connectivity index (χ0v) is 13.1. The molecule has 3 aromatic rings. The molecular weight excluding hydrogens is 368 g/mol. The van der Waals surface area contributed by atoms with Gasteiger partial charge < -0.3 is 4.98 Å². The van der Waals surface area contributed by atoms with Crippen LogP contribution in [-0.2, 0) is 0 Å². The van der Waals surface area contributed by atoms with E-state index in [0.29, 0.717) is 0 Å². The van der Waals surface area contributed by atoms with Gasteiger partial charge >= 0.3 is 0 Å². The van der Waals surface area contributed by atoms with E-state index in [0.717, 1.165) is 25.7 Å². The van der Waals surface area contributed by atoms with E-state index in [1.54, 1.807) is 0 Å². The molecule has 2 nitrogen and oxygen atoms in total. The molecule has 0 atom stereocenters. The number of aliphatic imine (C=N–C) groups is 1. The molecule has 0 saturated heterocycles. The van der Waals surface area contributed by atoms with Crippen molar-refractivity contribution in [2.24, 2.45) is 4.99 Å². The van der Waals surface area contributed by atoms with E-state index in [4.69, 9.17) is 0 Å². The van der Waals surface area contributed by atoms with Gasteiger partial charge in [-0.3, -0.25) is 4.99 Å². The number of nitrogens with one attached hydrogen (secondary N) is 1. The zero-order chi connectivity index (χ0) is 13.2. The molecule has 1 N–H and O–H groups in total. The van der Waals surface area contributed by atoms with Gasteiger partial charge in [0.25, 0.3) is 0 Å². The molecule has 0 fully saturated rings. The maximum Gasteiger partial charge on any atom is 0.0652 e. The molecule has 0 amide bonds. The van der Waals surface area contributed by atoms with Crippen molar-refractivity contribution in [2.75, 3.05) is 0 Å². The number of benzene rings is 2. The summed E-state index contributed by atoms with van der Waals surface area (Å²) in [4.78, 5) is 7.76. The maximum absolute atomic E-state index is 4.52. The van der Waals surface area contributed by atoms with Gasteiger partial charge in [0.05, 0.1) is 11.2 Å². The summed E-state index contributed by atoms with van der Waals surface area (Å²) in [6, 6.07) is 14.2. The summed E-state index contributed by atoms with van der Waals surface area (Å²) in [6.07, 6.45) is 3.82. The number of H-pyrrole nitrogens is 1. The number of halogens is 2. The summed E-state index contributed by atoms with van der Waals surface area (Å²) in [6.45, 7) is 0. The third-order valence-corrected chi connectivity index (χ3v) is 3.74. The van der Waals surface area contributed by atoms with E-state index in [9.17, 15) is 0 Å². The summed E-state index contributed by atoms with van der Waals surface area (Å²) in [5, 5.41) is 1.19. The Morgan fingerprint density at radius 1 is 1.00 bits per heavy atom. The second-order valence-electron chi connectivity index (χ2n) is 4.17. The van der Waals surface area contributed by atoms with Crippen LogP contribution in [0.25, 0.3) is 10.9 Å². The second kappa shape index (κ2) is 5.31. The van der Waals surface area contributed by atoms with Crippen molar-refractivity contribution in [1.29, 1.82) is 0 Å². The molecule has 19 heavy (non-hydrogen) atoms. The Balaban J connectivity index is 2.00. The molecule has 0 spiro atoms. The molecule has 0 radical (unpaired) electrons. The number of para-hydroxylation sites is 1. The number of rotatable bonds is 2. The smallest absolute Gasteiger partial charge is 0.0652 e. The zero-order valence-electron chi connectivity index (χ0n) is 9.90. The van der Waals surface area contributed by atoms with Crippen LogP contribution < -0.4 is 0 Å². The van der Waals surface area contributed by atoms with Crippen LogP contribution in [-0.4, -0.2) is 11.2 Å². The van der Waals surface area contributed by atoms with Crippen LogP contribution in [0, 0.1) is 0 Å². The van der Waals surface area contributed by atoms with Gasteiger partial charge in [-0.25, -0.2) is 0 Å². The number of hydrogen-bond donors (Lipinski definition) is 1. The third-order valence-electron chi connectivity index (χ3n) is 2.82. The molecule has 1 aromatic heterocycles. The summed E-state index contributed by atoms with van der Waals surface area (Å²) < 4.78 is 2.01. The Labute approximate surface area is 127 Å². The van der Waals surface area contributed by atoms with Crippen LogP contribution >= 0.6 is 31.9 Å². The molecule has 0 saturated carbocycles. The molecule has 3 rings (SSSR count). The standard InChI is InChI=1S/C15H10Br2N2/c16-12-6-13(17)8-14(7-12)19-9-11-3-1-2-10-4-5-18-15(10)11/h1-9,18H/b19-9+. The van der Waals surface area contributed by atoms with Gasteiger partial charge in [0.1, 0.15) is 0 Å². The SMILES string of the molecule is Brc1cc(Br)cc(/N=C/c2cccc3cc[nH]c23)c1. The quantitative estimate of drug-likeness (QED) is 0.575. The second-order valence-corrected chi connectivity index (χ2v) is 6.01. The Bertz CT molecular complexity index is 739. The first-order chi connectivity index (χ1) is 9.22. The van der Waals surface area contributed by atoms with E-state index >= 15 is 0 Å². The first kappa shape index (κ1) is 12.6. The number of fused-ring (bicyclic) bond motifs is 1. The van der Waals surface area contributed by atoms with Crippen molar-refractivity contribution in [3.8, 4) is 0 Å². The van der Waals surface area contributed by atoms with Crippen LogP contribution in [0.3, 0.4) is 0 Å². The molecular formula is C15H10Br2N2. The highest BCUT2D eigenvalue weighted by Gasteiger charge is 1.99. The predicted octanol–water partition coefficient (Wildman–Crippen LogP) is 5.44. The number of aromatic amines is 1. The minimum Gasteiger partial charge on any atom is -0.361 e. The van der Waals surface area contributed by atoms with Gasteiger partial charge in [0.15, 0.2) is 0 Å². The molecule has 4 heteroatoms. The fraction of sp³-hybridized carbons (Fsp3) is 0. The van der Waals surface area contributed by atoms with Gasteiger partial charge in [-0.2, -0.15) is 0 Å². The monoisotopic (exact) mass is 376 g/mol. The highest BCUT2D eigenvalue weighted by atomic mass is 79.9. The number of hydrogen-bond acceptors (Lipinski definition) is 1. The van der Waals surface area contributed by atoms with Gasteiger partial charge in [-0.15, -0.1) is 0 Å². The van der Waals surface area contributed by atoms with Crippen molar-refractivity contribution in [1.82, 2.24) is 4.98 Å². The van der Waals surface area contributed by atoms with Crippen LogP contribution in [0.5, 0.6) is 0 Å². The third kappa shape index (κ3) is 2.80. The average Bonchev–Trinajstić information content (AvgIpc) is 2.83. The molecule has 0 aliphatic carbocycles. The van der Waals surface area contributed by atoms with Gasteiger partial charge in [0.2, 0.25) is 0 Å². The number of nitrogens with zero attached hydrogens (tertiary/aromatic N) is 1. The molecule has 1 heterocycles. The molecule has 0 unspecified atom stereocenters. The fourth-order valence-corrected chi connectivity index (χ4v) is 3.24. The Kier molecular flexibility index (Phi) is 3.53. The molecule has 0 aliphatic rings. The van der Waals surface area contributed by atoms with E-state index in [-0.39, 0.29) is 0 Å². The van der Waals surface area contributed by atoms with E-state index in [1.165, 1.54) is 5.39 Å². The first-order valence-corrected chi connectivity index (χ1v) is 7.37. The molecule has 0 bridgehead atoms. The lowest BCUT2D eigenvalue weighted by Gasteiger charge is -1.99. The van der Waals surface area contributed by atoms with Crippen molar-refractivity contribution in [3.05, 3.63) is 63.2 Å². The van der Waals surface area contributed by atoms with Crippen molar-refractivity contribution >= 4 is 54.7 Å². The summed E-state index contributed by atoms with van der Waals surface area (Å²) in [5.41, 5.74) is 3.10. The van der Waals surface area contributed by atoms with Gasteiger partial charge in [-0.05, 0) is 24.3 Å². The minimum absolute atomic E-state index is 0.907. The normalized spacial score (nSPS) is 11.5. The van der Waals surface area contributed by atoms with Crippen molar-refractivity contribution in [2.45, 2.75) is 0 Å². The first-order valence-electron chi connectivity index (χ1n) is 5.79. The molecule has 94 valence electrons. The van der Waals surface area contributed by atoms with E-state index < -0.39 is 0 Å². The lowest BCUT2D eigenvalue weighted by molar-refractivity contribution is 1.46. The summed E-state index contributed by atoms with van der Waals surface area (Å²) in [7, 11) is 0. The highest BCUT2D eigenvalue weighted by Crippen LogP contribution is 2.25. The Morgan fingerprint density at radius 2 is 1.79 bits per heavy atom. The Morgan fingerprint density at radius 3 is 2.58 bits per heavy atom. The average molecular weight is 378 g/mol. The topological polar surface area (TPSA) is 28.1 Å². The van der Waals surface area contributed by atoms with E-state index in [2.05, 4.69) is 60.0 Å². The predicted molar refractivity (Wildman–Crippen MR) is 87.4 cm³/mol. The van der Waals surface area contributed by atoms with E-state index in [1.807, 2.05) is 36.7 Å². The fourth-order valence-electron chi connectivity index (χ4n) is 1.97. The van der Waals surface area contributed by atoms with Crippen LogP contribution in [0.2, 0.25) is 0 Å². The lowest BCUT2D eigenvalue weighted by atomic mass is 10.1. The van der Waals surface area contributed by atoms with Gasteiger partial charge in [-0.1, -0.05) is 50.1 Å². The minimum atomic E-state index is 0.907. The van der Waals surface area contributed by atoms with Crippen LogP contribution in [0.1, 0.15) is 5.56 Å². The summed E-state index contributed by atoms with van der Waals surface area (Å²) >= 11 is 6.93. The molecule has 0 aliphatic heterocycles. The Hall–Kier alpha value is -1.39. The van der Waals surface area contributed by atoms with Crippen molar-refractivity contribution < 1.29 is 0 Å². The number of aromatic nitrogens is 1.